The molecule has 0 amide bonds. The molecule has 0 unspecified atom stereocenters. The van der Waals surface area contributed by atoms with Gasteiger partial charge in [-0.3, -0.25) is 14.6 Å². The van der Waals surface area contributed by atoms with Gasteiger partial charge in [0.15, 0.2) is 17.5 Å². The lowest BCUT2D eigenvalue weighted by molar-refractivity contribution is -0.123. The molecule has 0 aliphatic carbocycles. The average Bonchev–Trinajstić information content (AvgIpc) is 2.45. The molecule has 0 saturated carbocycles. The molecule has 0 spiro atoms. The van der Waals surface area contributed by atoms with E-state index < -0.39 is 5.92 Å². The highest BCUT2D eigenvalue weighted by Crippen LogP contribution is 2.22. The van der Waals surface area contributed by atoms with Crippen LogP contribution >= 0.6 is 0 Å². The van der Waals surface area contributed by atoms with E-state index in [0.29, 0.717) is 25.8 Å². The molecule has 0 aliphatic heterocycles. The first-order valence-corrected chi connectivity index (χ1v) is 6.78. The molecular weight excluding hydrogens is 268 g/mol. The van der Waals surface area contributed by atoms with Gasteiger partial charge in [0.05, 0.1) is 0 Å². The summed E-state index contributed by atoms with van der Waals surface area (Å²) in [6, 6.07) is 0. The van der Waals surface area contributed by atoms with E-state index in [-0.39, 0.29) is 29.0 Å². The zero-order valence-electron chi connectivity index (χ0n) is 12.5. The third kappa shape index (κ3) is 6.65. The SMILES string of the molecule is C=CC(=O)[C@H](CCCN=C(N)N)C(=C)C(=O)[C@@H](C)CC=N. The number of nitrogens with zero attached hydrogens (tertiary/aromatic N) is 1. The lowest BCUT2D eigenvalue weighted by Crippen LogP contribution is -2.25. The summed E-state index contributed by atoms with van der Waals surface area (Å²) < 4.78 is 0. The van der Waals surface area contributed by atoms with Crippen molar-refractivity contribution >= 4 is 23.7 Å². The van der Waals surface area contributed by atoms with Gasteiger partial charge in [-0.05, 0) is 37.1 Å². The van der Waals surface area contributed by atoms with Crippen molar-refractivity contribution < 1.29 is 9.59 Å². The Balaban J connectivity index is 4.82. The monoisotopic (exact) mass is 292 g/mol. The van der Waals surface area contributed by atoms with E-state index in [2.05, 4.69) is 18.2 Å². The predicted molar refractivity (Wildman–Crippen MR) is 85.3 cm³/mol. The van der Waals surface area contributed by atoms with Crippen molar-refractivity contribution in [1.29, 1.82) is 5.41 Å². The van der Waals surface area contributed by atoms with Crippen LogP contribution in [0.5, 0.6) is 0 Å². The van der Waals surface area contributed by atoms with Gasteiger partial charge in [-0.15, -0.1) is 0 Å². The van der Waals surface area contributed by atoms with Crippen LogP contribution in [0, 0.1) is 17.2 Å². The van der Waals surface area contributed by atoms with Crippen LogP contribution < -0.4 is 11.5 Å². The molecule has 5 N–H and O–H groups in total. The maximum atomic E-state index is 12.2. The number of hydrogen-bond donors (Lipinski definition) is 3. The molecule has 0 aromatic rings. The molecule has 0 aromatic heterocycles. The van der Waals surface area contributed by atoms with Crippen molar-refractivity contribution in [3.8, 4) is 0 Å². The van der Waals surface area contributed by atoms with Gasteiger partial charge in [-0.2, -0.15) is 0 Å². The van der Waals surface area contributed by atoms with Gasteiger partial charge in [0, 0.05) is 18.4 Å². The van der Waals surface area contributed by atoms with Crippen LogP contribution in [0.4, 0.5) is 0 Å². The number of guanidine groups is 1. The number of aliphatic imine (C=N–C) groups is 1. The Morgan fingerprint density at radius 2 is 2.00 bits per heavy atom. The van der Waals surface area contributed by atoms with Crippen LogP contribution in [0.3, 0.4) is 0 Å². The third-order valence-corrected chi connectivity index (χ3v) is 3.15. The standard InChI is InChI=1S/C15H24N4O2/c1-4-13(20)12(6-5-9-19-15(17)18)11(3)14(21)10(2)7-8-16/h4,8,10,12,16H,1,3,5-7,9H2,2H3,(H4,17,18,19)/t10-,12+/m0/s1. The first kappa shape index (κ1) is 18.8. The van der Waals surface area contributed by atoms with E-state index in [0.717, 1.165) is 0 Å². The molecular formula is C15H24N4O2. The molecule has 0 radical (unpaired) electrons. The minimum absolute atomic E-state index is 0.00361. The van der Waals surface area contributed by atoms with Gasteiger partial charge in [0.2, 0.25) is 0 Å². The predicted octanol–water partition coefficient (Wildman–Crippen LogP) is 1.21. The molecule has 0 aliphatic rings. The summed E-state index contributed by atoms with van der Waals surface area (Å²) in [6.45, 7) is 9.32. The zero-order valence-corrected chi connectivity index (χ0v) is 12.5. The number of nitrogens with one attached hydrogen (secondary N) is 1. The van der Waals surface area contributed by atoms with Gasteiger partial charge < -0.3 is 16.9 Å². The number of carbonyl (C=O) groups excluding carboxylic acids is 2. The average molecular weight is 292 g/mol. The third-order valence-electron chi connectivity index (χ3n) is 3.15. The molecule has 116 valence electrons. The molecule has 2 atom stereocenters. The summed E-state index contributed by atoms with van der Waals surface area (Å²) in [5.74, 6) is -1.39. The van der Waals surface area contributed by atoms with E-state index in [1.807, 2.05) is 0 Å². The number of nitrogens with two attached hydrogens (primary N) is 2. The van der Waals surface area contributed by atoms with Crippen molar-refractivity contribution in [2.45, 2.75) is 26.2 Å². The second-order valence-electron chi connectivity index (χ2n) is 4.84. The second-order valence-corrected chi connectivity index (χ2v) is 4.84. The van der Waals surface area contributed by atoms with Gasteiger partial charge in [-0.1, -0.05) is 20.1 Å². The summed E-state index contributed by atoms with van der Waals surface area (Å²) in [5.41, 5.74) is 10.7. The molecule has 6 nitrogen and oxygen atoms in total. The molecule has 0 bridgehead atoms. The second kappa shape index (κ2) is 9.63. The molecule has 6 heteroatoms. The number of ketones is 2. The highest BCUT2D eigenvalue weighted by atomic mass is 16.1. The van der Waals surface area contributed by atoms with E-state index in [4.69, 9.17) is 16.9 Å². The number of rotatable bonds is 11. The fourth-order valence-electron chi connectivity index (χ4n) is 1.91. The Hall–Kier alpha value is -2.24. The fourth-order valence-corrected chi connectivity index (χ4v) is 1.91. The van der Waals surface area contributed by atoms with Gasteiger partial charge >= 0.3 is 0 Å². The molecule has 0 aromatic carbocycles. The molecule has 21 heavy (non-hydrogen) atoms. The number of carbonyl (C=O) groups is 2. The summed E-state index contributed by atoms with van der Waals surface area (Å²) in [7, 11) is 0. The van der Waals surface area contributed by atoms with Crippen LogP contribution in [-0.2, 0) is 9.59 Å². The maximum absolute atomic E-state index is 12.2. The largest absolute Gasteiger partial charge is 0.370 e. The Bertz CT molecular complexity index is 451. The lowest BCUT2D eigenvalue weighted by atomic mass is 9.84. The first-order chi connectivity index (χ1) is 9.84. The summed E-state index contributed by atoms with van der Waals surface area (Å²) in [4.78, 5) is 27.9. The Morgan fingerprint density at radius 1 is 1.38 bits per heavy atom. The summed E-state index contributed by atoms with van der Waals surface area (Å²) >= 11 is 0. The highest BCUT2D eigenvalue weighted by Gasteiger charge is 2.26. The van der Waals surface area contributed by atoms with E-state index >= 15 is 0 Å². The van der Waals surface area contributed by atoms with Crippen molar-refractivity contribution in [3.63, 3.8) is 0 Å². The first-order valence-electron chi connectivity index (χ1n) is 6.78. The van der Waals surface area contributed by atoms with Crippen molar-refractivity contribution in [3.05, 3.63) is 24.8 Å². The number of Topliss-reactive ketones (excluding diaryl/α,β-unsaturated/α-hetero) is 1. The fraction of sp³-hybridized carbons (Fsp3) is 0.467. The van der Waals surface area contributed by atoms with E-state index in [1.165, 1.54) is 12.3 Å². The number of hydrogen-bond acceptors (Lipinski definition) is 4. The maximum Gasteiger partial charge on any atom is 0.185 e. The Morgan fingerprint density at radius 3 is 2.48 bits per heavy atom. The van der Waals surface area contributed by atoms with Crippen molar-refractivity contribution in [2.75, 3.05) is 6.54 Å². The van der Waals surface area contributed by atoms with Crippen LogP contribution in [0.25, 0.3) is 0 Å². The Labute approximate surface area is 125 Å². The smallest absolute Gasteiger partial charge is 0.185 e. The normalized spacial score (nSPS) is 12.8. The topological polar surface area (TPSA) is 122 Å². The van der Waals surface area contributed by atoms with E-state index in [9.17, 15) is 9.59 Å². The van der Waals surface area contributed by atoms with Crippen LogP contribution in [0.1, 0.15) is 26.2 Å². The Kier molecular flexibility index (Phi) is 8.60. The summed E-state index contributed by atoms with van der Waals surface area (Å²) in [6.07, 6.45) is 3.71. The quantitative estimate of drug-likeness (QED) is 0.229. The lowest BCUT2D eigenvalue weighted by Gasteiger charge is -2.18. The minimum Gasteiger partial charge on any atom is -0.370 e. The molecule has 0 saturated heterocycles. The minimum atomic E-state index is -0.600. The highest BCUT2D eigenvalue weighted by molar-refractivity contribution is 6.05. The zero-order chi connectivity index (χ0) is 16.4. The van der Waals surface area contributed by atoms with Gasteiger partial charge in [0.25, 0.3) is 0 Å². The summed E-state index contributed by atoms with van der Waals surface area (Å²) in [5, 5.41) is 7.04. The van der Waals surface area contributed by atoms with Crippen LogP contribution in [-0.4, -0.2) is 30.3 Å². The van der Waals surface area contributed by atoms with E-state index in [1.54, 1.807) is 6.92 Å². The van der Waals surface area contributed by atoms with Crippen molar-refractivity contribution in [2.24, 2.45) is 28.3 Å². The van der Waals surface area contributed by atoms with Crippen LogP contribution in [0.2, 0.25) is 0 Å². The van der Waals surface area contributed by atoms with Crippen molar-refractivity contribution in [1.82, 2.24) is 0 Å². The van der Waals surface area contributed by atoms with Gasteiger partial charge in [0.1, 0.15) is 0 Å². The van der Waals surface area contributed by atoms with Gasteiger partial charge in [-0.25, -0.2) is 0 Å². The molecule has 0 rings (SSSR count). The van der Waals surface area contributed by atoms with Crippen LogP contribution in [0.15, 0.2) is 29.8 Å². The number of allylic oxidation sites excluding steroid dienone is 2. The molecule has 0 fully saturated rings. The molecule has 0 heterocycles.